The van der Waals surface area contributed by atoms with Gasteiger partial charge in [0, 0.05) is 18.2 Å². The van der Waals surface area contributed by atoms with E-state index in [1.165, 1.54) is 5.56 Å². The summed E-state index contributed by atoms with van der Waals surface area (Å²) in [5, 5.41) is 0. The van der Waals surface area contributed by atoms with E-state index >= 15 is 0 Å². The van der Waals surface area contributed by atoms with E-state index in [0.29, 0.717) is 13.2 Å². The molecule has 1 atom stereocenters. The van der Waals surface area contributed by atoms with Gasteiger partial charge in [0.15, 0.2) is 0 Å². The van der Waals surface area contributed by atoms with Crippen LogP contribution < -0.4 is 0 Å². The summed E-state index contributed by atoms with van der Waals surface area (Å²) in [6.07, 6.45) is 6.40. The maximum Gasteiger partial charge on any atom is 0.148 e. The molecule has 1 spiro atoms. The van der Waals surface area contributed by atoms with Gasteiger partial charge in [-0.1, -0.05) is 6.07 Å². The van der Waals surface area contributed by atoms with E-state index in [9.17, 15) is 0 Å². The van der Waals surface area contributed by atoms with Crippen LogP contribution in [0.5, 0.6) is 0 Å². The van der Waals surface area contributed by atoms with Crippen LogP contribution in [-0.2, 0) is 21.7 Å². The molecule has 0 saturated carbocycles. The minimum atomic E-state index is -0.314. The van der Waals surface area contributed by atoms with Gasteiger partial charge in [0.2, 0.25) is 0 Å². The summed E-state index contributed by atoms with van der Waals surface area (Å²) in [6, 6.07) is 4.01. The summed E-state index contributed by atoms with van der Waals surface area (Å²) in [7, 11) is 0. The number of rotatable bonds is 0. The molecule has 0 aromatic carbocycles. The summed E-state index contributed by atoms with van der Waals surface area (Å²) in [4.78, 5) is 4.40. The maximum atomic E-state index is 5.81. The first-order chi connectivity index (χ1) is 6.91. The molecule has 0 aliphatic carbocycles. The zero-order chi connectivity index (χ0) is 9.43. The van der Waals surface area contributed by atoms with Gasteiger partial charge in [-0.15, -0.1) is 0 Å². The van der Waals surface area contributed by atoms with Gasteiger partial charge in [0.1, 0.15) is 12.2 Å². The van der Waals surface area contributed by atoms with E-state index in [4.69, 9.17) is 9.47 Å². The fourth-order valence-corrected chi connectivity index (χ4v) is 2.06. The number of nitrogens with zero attached hydrogens (tertiary/aromatic N) is 1. The predicted octanol–water partition coefficient (Wildman–Crippen LogP) is 1.74. The Morgan fingerprint density at radius 1 is 1.43 bits per heavy atom. The second-order valence-electron chi connectivity index (χ2n) is 3.68. The Labute approximate surface area is 82.4 Å². The van der Waals surface area contributed by atoms with E-state index in [2.05, 4.69) is 11.1 Å². The molecule has 1 aromatic rings. The standard InChI is InChI=1S/C11H11NO2/c1-3-9-7-14-11(10(9)12-5-1)4-2-6-13-8-11/h1-3,5-6H,4,7-8H2. The van der Waals surface area contributed by atoms with Crippen LogP contribution in [0.2, 0.25) is 0 Å². The lowest BCUT2D eigenvalue weighted by atomic mass is 9.94. The van der Waals surface area contributed by atoms with E-state index in [-0.39, 0.29) is 5.60 Å². The van der Waals surface area contributed by atoms with Gasteiger partial charge >= 0.3 is 0 Å². The molecule has 0 bridgehead atoms. The lowest BCUT2D eigenvalue weighted by Crippen LogP contribution is -2.32. The molecular weight excluding hydrogens is 178 g/mol. The van der Waals surface area contributed by atoms with Crippen LogP contribution >= 0.6 is 0 Å². The van der Waals surface area contributed by atoms with Crippen LogP contribution in [0.25, 0.3) is 0 Å². The molecule has 3 rings (SSSR count). The molecule has 3 heteroatoms. The van der Waals surface area contributed by atoms with Crippen molar-refractivity contribution in [3.8, 4) is 0 Å². The van der Waals surface area contributed by atoms with Crippen LogP contribution in [0.15, 0.2) is 30.7 Å². The molecule has 2 aliphatic heterocycles. The predicted molar refractivity (Wildman–Crippen MR) is 50.4 cm³/mol. The Morgan fingerprint density at radius 2 is 2.43 bits per heavy atom. The quantitative estimate of drug-likeness (QED) is 0.623. The molecular formula is C11H11NO2. The smallest absolute Gasteiger partial charge is 0.148 e. The summed E-state index contributed by atoms with van der Waals surface area (Å²) in [6.45, 7) is 1.23. The van der Waals surface area contributed by atoms with Crippen LogP contribution in [0.4, 0.5) is 0 Å². The number of pyridine rings is 1. The van der Waals surface area contributed by atoms with Gasteiger partial charge in [0.25, 0.3) is 0 Å². The van der Waals surface area contributed by atoms with E-state index in [0.717, 1.165) is 12.1 Å². The Morgan fingerprint density at radius 3 is 3.29 bits per heavy atom. The van der Waals surface area contributed by atoms with Crippen molar-refractivity contribution < 1.29 is 9.47 Å². The second kappa shape index (κ2) is 2.82. The first-order valence-corrected chi connectivity index (χ1v) is 4.76. The number of hydrogen-bond acceptors (Lipinski definition) is 3. The lowest BCUT2D eigenvalue weighted by Gasteiger charge is -2.29. The summed E-state index contributed by atoms with van der Waals surface area (Å²) in [5.74, 6) is 0. The Hall–Kier alpha value is -1.35. The summed E-state index contributed by atoms with van der Waals surface area (Å²) >= 11 is 0. The van der Waals surface area contributed by atoms with Gasteiger partial charge in [-0.05, 0) is 12.1 Å². The topological polar surface area (TPSA) is 31.4 Å². The minimum absolute atomic E-state index is 0.314. The van der Waals surface area contributed by atoms with Gasteiger partial charge < -0.3 is 9.47 Å². The number of aromatic nitrogens is 1. The molecule has 72 valence electrons. The van der Waals surface area contributed by atoms with E-state index in [1.54, 1.807) is 6.26 Å². The average molecular weight is 189 g/mol. The number of hydrogen-bond donors (Lipinski definition) is 0. The zero-order valence-electron chi connectivity index (χ0n) is 7.77. The van der Waals surface area contributed by atoms with Crippen LogP contribution in [0, 0.1) is 0 Å². The monoisotopic (exact) mass is 189 g/mol. The van der Waals surface area contributed by atoms with Crippen molar-refractivity contribution in [1.82, 2.24) is 4.98 Å². The number of fused-ring (bicyclic) bond motifs is 2. The summed E-state index contributed by atoms with van der Waals surface area (Å²) in [5.41, 5.74) is 1.92. The van der Waals surface area contributed by atoms with Gasteiger partial charge in [-0.3, -0.25) is 4.98 Å². The van der Waals surface area contributed by atoms with Gasteiger partial charge in [-0.25, -0.2) is 0 Å². The molecule has 0 N–H and O–H groups in total. The highest BCUT2D eigenvalue weighted by Crippen LogP contribution is 2.39. The maximum absolute atomic E-state index is 5.81. The Bertz CT molecular complexity index is 389. The molecule has 1 aromatic heterocycles. The molecule has 3 nitrogen and oxygen atoms in total. The molecule has 3 heterocycles. The van der Waals surface area contributed by atoms with Crippen molar-refractivity contribution in [1.29, 1.82) is 0 Å². The fourth-order valence-electron chi connectivity index (χ4n) is 2.06. The SMILES string of the molecule is C1=COCC2(C1)OCc1cccnc12. The highest BCUT2D eigenvalue weighted by Gasteiger charge is 2.42. The number of ether oxygens (including phenoxy) is 2. The first kappa shape index (κ1) is 8.00. The normalized spacial score (nSPS) is 28.9. The molecule has 1 unspecified atom stereocenters. The molecule has 14 heavy (non-hydrogen) atoms. The third-order valence-electron chi connectivity index (χ3n) is 2.78. The highest BCUT2D eigenvalue weighted by molar-refractivity contribution is 5.30. The van der Waals surface area contributed by atoms with Crippen LogP contribution in [0.1, 0.15) is 17.7 Å². The van der Waals surface area contributed by atoms with Gasteiger partial charge in [0.05, 0.1) is 18.6 Å². The van der Waals surface area contributed by atoms with Crippen molar-refractivity contribution in [2.45, 2.75) is 18.6 Å². The largest absolute Gasteiger partial charge is 0.498 e. The minimum Gasteiger partial charge on any atom is -0.498 e. The molecule has 0 amide bonds. The van der Waals surface area contributed by atoms with Crippen molar-refractivity contribution in [3.63, 3.8) is 0 Å². The van der Waals surface area contributed by atoms with Crippen LogP contribution in [0.3, 0.4) is 0 Å². The second-order valence-corrected chi connectivity index (χ2v) is 3.68. The van der Waals surface area contributed by atoms with Gasteiger partial charge in [-0.2, -0.15) is 0 Å². The highest BCUT2D eigenvalue weighted by atomic mass is 16.5. The Kier molecular flexibility index (Phi) is 1.61. The molecule has 0 fully saturated rings. The fraction of sp³-hybridized carbons (Fsp3) is 0.364. The molecule has 2 aliphatic rings. The first-order valence-electron chi connectivity index (χ1n) is 4.76. The van der Waals surface area contributed by atoms with Crippen molar-refractivity contribution >= 4 is 0 Å². The van der Waals surface area contributed by atoms with Crippen molar-refractivity contribution in [2.75, 3.05) is 6.61 Å². The van der Waals surface area contributed by atoms with Crippen LogP contribution in [-0.4, -0.2) is 11.6 Å². The third-order valence-corrected chi connectivity index (χ3v) is 2.78. The molecule has 0 radical (unpaired) electrons. The van der Waals surface area contributed by atoms with E-state index < -0.39 is 0 Å². The van der Waals surface area contributed by atoms with Crippen molar-refractivity contribution in [2.24, 2.45) is 0 Å². The average Bonchev–Trinajstić information content (AvgIpc) is 2.60. The zero-order valence-corrected chi connectivity index (χ0v) is 7.77. The van der Waals surface area contributed by atoms with E-state index in [1.807, 2.05) is 18.3 Å². The summed E-state index contributed by atoms with van der Waals surface area (Å²) < 4.78 is 11.1. The Balaban J connectivity index is 2.08. The molecule has 0 saturated heterocycles. The lowest BCUT2D eigenvalue weighted by molar-refractivity contribution is -0.0851. The van der Waals surface area contributed by atoms with Crippen molar-refractivity contribution in [3.05, 3.63) is 41.9 Å². The third kappa shape index (κ3) is 0.990.